The number of unbranched alkanes of at least 4 members (excludes halogenated alkanes) is 1. The van der Waals surface area contributed by atoms with Gasteiger partial charge >= 0.3 is 5.97 Å². The van der Waals surface area contributed by atoms with E-state index in [-0.39, 0.29) is 30.1 Å². The number of rotatable bonds is 8. The van der Waals surface area contributed by atoms with Gasteiger partial charge in [-0.05, 0) is 18.6 Å². The van der Waals surface area contributed by atoms with Crippen LogP contribution in [0.15, 0.2) is 18.2 Å². The Balaban J connectivity index is 3.22. The van der Waals surface area contributed by atoms with Gasteiger partial charge in [0, 0.05) is 19.2 Å². The van der Waals surface area contributed by atoms with Crippen molar-refractivity contribution in [3.63, 3.8) is 0 Å². The average molecular weight is 282 g/mol. The van der Waals surface area contributed by atoms with E-state index in [0.717, 1.165) is 12.8 Å². The lowest BCUT2D eigenvalue weighted by Crippen LogP contribution is -2.28. The fourth-order valence-corrected chi connectivity index (χ4v) is 1.89. The van der Waals surface area contributed by atoms with Crippen LogP contribution in [-0.4, -0.2) is 40.8 Å². The summed E-state index contributed by atoms with van der Waals surface area (Å²) in [6.45, 7) is 2.59. The number of anilines is 1. The van der Waals surface area contributed by atoms with Crippen LogP contribution < -0.4 is 4.90 Å². The van der Waals surface area contributed by atoms with E-state index >= 15 is 0 Å². The first-order valence-electron chi connectivity index (χ1n) is 6.38. The Morgan fingerprint density at radius 3 is 2.60 bits per heavy atom. The summed E-state index contributed by atoms with van der Waals surface area (Å²) in [5, 5.41) is 29.1. The number of nitrogens with zero attached hydrogens (tertiary/aromatic N) is 2. The standard InChI is InChI=1S/C13H18N2O5/c1-2-3-6-14(7-8-16)12-9-10(13(17)18)4-5-11(12)15(19)20/h4-5,9,16H,2-3,6-8H2,1H3,(H,17,18). The number of benzene rings is 1. The van der Waals surface area contributed by atoms with Gasteiger partial charge in [0.1, 0.15) is 5.69 Å². The largest absolute Gasteiger partial charge is 0.478 e. The van der Waals surface area contributed by atoms with E-state index in [2.05, 4.69) is 0 Å². The lowest BCUT2D eigenvalue weighted by molar-refractivity contribution is -0.384. The fraction of sp³-hybridized carbons (Fsp3) is 0.462. The van der Waals surface area contributed by atoms with Crippen LogP contribution in [0.4, 0.5) is 11.4 Å². The molecule has 0 atom stereocenters. The number of aromatic carboxylic acids is 1. The van der Waals surface area contributed by atoms with Crippen molar-refractivity contribution in [1.82, 2.24) is 0 Å². The second-order valence-corrected chi connectivity index (χ2v) is 4.33. The third-order valence-electron chi connectivity index (χ3n) is 2.91. The summed E-state index contributed by atoms with van der Waals surface area (Å²) in [5.41, 5.74) is 0.0713. The van der Waals surface area contributed by atoms with Crippen molar-refractivity contribution in [2.24, 2.45) is 0 Å². The van der Waals surface area contributed by atoms with Crippen LogP contribution in [0.5, 0.6) is 0 Å². The van der Waals surface area contributed by atoms with E-state index < -0.39 is 10.9 Å². The summed E-state index contributed by atoms with van der Waals surface area (Å²) in [4.78, 5) is 23.1. The van der Waals surface area contributed by atoms with Gasteiger partial charge in [0.25, 0.3) is 5.69 Å². The Kier molecular flexibility index (Phi) is 5.92. The van der Waals surface area contributed by atoms with Crippen LogP contribution in [-0.2, 0) is 0 Å². The number of hydrogen-bond acceptors (Lipinski definition) is 5. The molecule has 1 aromatic carbocycles. The first-order chi connectivity index (χ1) is 9.51. The van der Waals surface area contributed by atoms with Crippen molar-refractivity contribution in [2.45, 2.75) is 19.8 Å². The molecule has 1 aromatic rings. The summed E-state index contributed by atoms with van der Waals surface area (Å²) in [7, 11) is 0. The highest BCUT2D eigenvalue weighted by atomic mass is 16.6. The van der Waals surface area contributed by atoms with Gasteiger partial charge in [0.05, 0.1) is 17.1 Å². The zero-order valence-corrected chi connectivity index (χ0v) is 11.3. The number of carbonyl (C=O) groups is 1. The topological polar surface area (TPSA) is 104 Å². The van der Waals surface area contributed by atoms with Crippen molar-refractivity contribution < 1.29 is 19.9 Å². The van der Waals surface area contributed by atoms with E-state index in [1.807, 2.05) is 6.92 Å². The maximum Gasteiger partial charge on any atom is 0.335 e. The first-order valence-corrected chi connectivity index (χ1v) is 6.38. The summed E-state index contributed by atoms with van der Waals surface area (Å²) in [6.07, 6.45) is 1.70. The Morgan fingerprint density at radius 1 is 1.40 bits per heavy atom. The molecule has 0 spiro atoms. The fourth-order valence-electron chi connectivity index (χ4n) is 1.89. The van der Waals surface area contributed by atoms with Gasteiger partial charge in [-0.1, -0.05) is 13.3 Å². The Bertz CT molecular complexity index is 490. The summed E-state index contributed by atoms with van der Waals surface area (Å²) < 4.78 is 0. The van der Waals surface area contributed by atoms with Crippen molar-refractivity contribution >= 4 is 17.3 Å². The van der Waals surface area contributed by atoms with Crippen LogP contribution in [0.2, 0.25) is 0 Å². The second kappa shape index (κ2) is 7.44. The minimum absolute atomic E-state index is 0.00922. The Labute approximate surface area is 116 Å². The number of aliphatic hydroxyl groups is 1. The minimum Gasteiger partial charge on any atom is -0.478 e. The molecule has 2 N–H and O–H groups in total. The van der Waals surface area contributed by atoms with E-state index in [1.54, 1.807) is 4.90 Å². The maximum atomic E-state index is 11.1. The van der Waals surface area contributed by atoms with Crippen LogP contribution in [0, 0.1) is 10.1 Å². The molecule has 20 heavy (non-hydrogen) atoms. The highest BCUT2D eigenvalue weighted by Gasteiger charge is 2.21. The van der Waals surface area contributed by atoms with Crippen molar-refractivity contribution in [1.29, 1.82) is 0 Å². The SMILES string of the molecule is CCCCN(CCO)c1cc(C(=O)O)ccc1[N+](=O)[O-]. The monoisotopic (exact) mass is 282 g/mol. The number of nitro groups is 1. The van der Waals surface area contributed by atoms with Gasteiger partial charge in [-0.15, -0.1) is 0 Å². The molecule has 0 bridgehead atoms. The zero-order valence-electron chi connectivity index (χ0n) is 11.3. The van der Waals surface area contributed by atoms with Gasteiger partial charge in [0.2, 0.25) is 0 Å². The van der Waals surface area contributed by atoms with E-state index in [9.17, 15) is 14.9 Å². The molecule has 7 heteroatoms. The third-order valence-corrected chi connectivity index (χ3v) is 2.91. The molecule has 0 heterocycles. The van der Waals surface area contributed by atoms with Crippen molar-refractivity contribution in [3.8, 4) is 0 Å². The van der Waals surface area contributed by atoms with E-state index in [1.165, 1.54) is 18.2 Å². The molecule has 1 rings (SSSR count). The van der Waals surface area contributed by atoms with E-state index in [0.29, 0.717) is 6.54 Å². The van der Waals surface area contributed by atoms with Crippen LogP contribution in [0.25, 0.3) is 0 Å². The normalized spacial score (nSPS) is 10.3. The van der Waals surface area contributed by atoms with Gasteiger partial charge in [0.15, 0.2) is 0 Å². The third kappa shape index (κ3) is 3.92. The van der Waals surface area contributed by atoms with Crippen molar-refractivity contribution in [3.05, 3.63) is 33.9 Å². The van der Waals surface area contributed by atoms with Gasteiger partial charge in [-0.2, -0.15) is 0 Å². The summed E-state index contributed by atoms with van der Waals surface area (Å²) in [5.74, 6) is -1.14. The number of nitro benzene ring substituents is 1. The molecular weight excluding hydrogens is 264 g/mol. The minimum atomic E-state index is -1.14. The predicted octanol–water partition coefficient (Wildman–Crippen LogP) is 1.89. The molecule has 0 amide bonds. The summed E-state index contributed by atoms with van der Waals surface area (Å²) >= 11 is 0. The molecular formula is C13H18N2O5. The lowest BCUT2D eigenvalue weighted by atomic mass is 10.1. The first kappa shape index (κ1) is 15.9. The van der Waals surface area contributed by atoms with Crippen LogP contribution in [0.3, 0.4) is 0 Å². The smallest absolute Gasteiger partial charge is 0.335 e. The molecule has 0 aromatic heterocycles. The highest BCUT2D eigenvalue weighted by Crippen LogP contribution is 2.29. The molecule has 0 radical (unpaired) electrons. The number of carboxylic acids is 1. The van der Waals surface area contributed by atoms with Gasteiger partial charge in [-0.25, -0.2) is 4.79 Å². The Hall–Kier alpha value is -2.15. The maximum absolute atomic E-state index is 11.1. The molecule has 0 aliphatic rings. The quantitative estimate of drug-likeness (QED) is 0.557. The van der Waals surface area contributed by atoms with Crippen molar-refractivity contribution in [2.75, 3.05) is 24.6 Å². The Morgan fingerprint density at radius 2 is 2.10 bits per heavy atom. The van der Waals surface area contributed by atoms with Crippen LogP contribution >= 0.6 is 0 Å². The van der Waals surface area contributed by atoms with Gasteiger partial charge in [-0.3, -0.25) is 10.1 Å². The number of carboxylic acid groups (broad SMARTS) is 1. The molecule has 0 aliphatic carbocycles. The second-order valence-electron chi connectivity index (χ2n) is 4.33. The lowest BCUT2D eigenvalue weighted by Gasteiger charge is -2.23. The highest BCUT2D eigenvalue weighted by molar-refractivity contribution is 5.90. The zero-order chi connectivity index (χ0) is 15.1. The van der Waals surface area contributed by atoms with E-state index in [4.69, 9.17) is 10.2 Å². The van der Waals surface area contributed by atoms with Gasteiger partial charge < -0.3 is 15.1 Å². The number of hydrogen-bond donors (Lipinski definition) is 2. The summed E-state index contributed by atoms with van der Waals surface area (Å²) in [6, 6.07) is 3.68. The molecule has 7 nitrogen and oxygen atoms in total. The molecule has 0 unspecified atom stereocenters. The molecule has 0 fully saturated rings. The molecule has 0 saturated carbocycles. The average Bonchev–Trinajstić information content (AvgIpc) is 2.42. The molecule has 110 valence electrons. The molecule has 0 aliphatic heterocycles. The molecule has 0 saturated heterocycles. The predicted molar refractivity (Wildman–Crippen MR) is 74.3 cm³/mol. The van der Waals surface area contributed by atoms with Crippen LogP contribution in [0.1, 0.15) is 30.1 Å². The number of aliphatic hydroxyl groups excluding tert-OH is 1.